The van der Waals surface area contributed by atoms with Gasteiger partial charge >= 0.3 is 0 Å². The van der Waals surface area contributed by atoms with Gasteiger partial charge in [-0.15, -0.1) is 0 Å². The lowest BCUT2D eigenvalue weighted by atomic mass is 10.1. The summed E-state index contributed by atoms with van der Waals surface area (Å²) in [5.41, 5.74) is 4.19. The van der Waals surface area contributed by atoms with Gasteiger partial charge < -0.3 is 14.7 Å². The molecule has 4 aromatic rings. The van der Waals surface area contributed by atoms with Crippen LogP contribution in [0.15, 0.2) is 53.1 Å². The average molecular weight is 305 g/mol. The van der Waals surface area contributed by atoms with Gasteiger partial charge in [-0.3, -0.25) is 4.79 Å². The molecule has 5 heteroatoms. The summed E-state index contributed by atoms with van der Waals surface area (Å²) in [7, 11) is 0. The Morgan fingerprint density at radius 2 is 2.13 bits per heavy atom. The van der Waals surface area contributed by atoms with Gasteiger partial charge in [-0.1, -0.05) is 18.2 Å². The number of nitrogens with zero attached hydrogens (tertiary/aromatic N) is 1. The van der Waals surface area contributed by atoms with Crippen LogP contribution in [0, 0.1) is 6.92 Å². The monoisotopic (exact) mass is 305 g/mol. The molecule has 0 unspecified atom stereocenters. The van der Waals surface area contributed by atoms with Crippen molar-refractivity contribution in [3.8, 4) is 0 Å². The number of aryl methyl sites for hydroxylation is 1. The largest absolute Gasteiger partial charge is 0.441 e. The van der Waals surface area contributed by atoms with Gasteiger partial charge in [0, 0.05) is 35.8 Å². The van der Waals surface area contributed by atoms with Crippen molar-refractivity contribution < 1.29 is 9.21 Å². The minimum atomic E-state index is -0.0645. The van der Waals surface area contributed by atoms with Crippen LogP contribution in [0.2, 0.25) is 0 Å². The standard InChI is InChI=1S/C18H15N3O2/c1-11-20-16-7-6-13(9-17(16)23-11)21-18(22)8-12-10-19-15-5-3-2-4-14(12)15/h2-7,9-10,19H,8H2,1H3,(H,21,22). The van der Waals surface area contributed by atoms with E-state index < -0.39 is 0 Å². The zero-order valence-corrected chi connectivity index (χ0v) is 12.6. The molecule has 0 radical (unpaired) electrons. The lowest BCUT2D eigenvalue weighted by Gasteiger charge is -2.04. The molecular formula is C18H15N3O2. The summed E-state index contributed by atoms with van der Waals surface area (Å²) in [4.78, 5) is 19.7. The van der Waals surface area contributed by atoms with Gasteiger partial charge in [0.2, 0.25) is 5.91 Å². The molecule has 0 bridgehead atoms. The highest BCUT2D eigenvalue weighted by Gasteiger charge is 2.10. The molecule has 0 saturated carbocycles. The fourth-order valence-corrected chi connectivity index (χ4v) is 2.77. The number of rotatable bonds is 3. The van der Waals surface area contributed by atoms with E-state index in [2.05, 4.69) is 15.3 Å². The highest BCUT2D eigenvalue weighted by molar-refractivity contribution is 5.96. The molecule has 0 spiro atoms. The van der Waals surface area contributed by atoms with Crippen molar-refractivity contribution in [2.75, 3.05) is 5.32 Å². The SMILES string of the molecule is Cc1nc2ccc(NC(=O)Cc3c[nH]c4ccccc34)cc2o1. The maximum atomic E-state index is 12.3. The van der Waals surface area contributed by atoms with Gasteiger partial charge in [-0.05, 0) is 23.8 Å². The summed E-state index contributed by atoms with van der Waals surface area (Å²) in [5, 5.41) is 3.98. The molecule has 2 N–H and O–H groups in total. The Morgan fingerprint density at radius 1 is 1.26 bits per heavy atom. The number of nitrogens with one attached hydrogen (secondary N) is 2. The predicted molar refractivity (Wildman–Crippen MR) is 89.4 cm³/mol. The van der Waals surface area contributed by atoms with E-state index >= 15 is 0 Å². The first-order valence-electron chi connectivity index (χ1n) is 7.41. The van der Waals surface area contributed by atoms with Crippen LogP contribution in [0.1, 0.15) is 11.5 Å². The van der Waals surface area contributed by atoms with Gasteiger partial charge in [0.15, 0.2) is 11.5 Å². The van der Waals surface area contributed by atoms with Gasteiger partial charge in [-0.2, -0.15) is 0 Å². The van der Waals surface area contributed by atoms with Crippen LogP contribution >= 0.6 is 0 Å². The number of para-hydroxylation sites is 1. The van der Waals surface area contributed by atoms with Gasteiger partial charge in [0.1, 0.15) is 5.52 Å². The van der Waals surface area contributed by atoms with E-state index in [-0.39, 0.29) is 5.91 Å². The van der Waals surface area contributed by atoms with Crippen molar-refractivity contribution in [1.29, 1.82) is 0 Å². The molecule has 23 heavy (non-hydrogen) atoms. The first-order valence-corrected chi connectivity index (χ1v) is 7.41. The quantitative estimate of drug-likeness (QED) is 0.605. The Bertz CT molecular complexity index is 1010. The number of oxazole rings is 1. The number of amides is 1. The number of benzene rings is 2. The van der Waals surface area contributed by atoms with E-state index in [1.807, 2.05) is 42.6 Å². The molecular weight excluding hydrogens is 290 g/mol. The van der Waals surface area contributed by atoms with E-state index in [9.17, 15) is 4.79 Å². The number of aromatic amines is 1. The lowest BCUT2D eigenvalue weighted by molar-refractivity contribution is -0.115. The summed E-state index contributed by atoms with van der Waals surface area (Å²) in [6.45, 7) is 1.80. The zero-order valence-electron chi connectivity index (χ0n) is 12.6. The fraction of sp³-hybridized carbons (Fsp3) is 0.111. The molecule has 4 rings (SSSR count). The van der Waals surface area contributed by atoms with E-state index in [0.717, 1.165) is 22.0 Å². The Labute approximate surface area is 132 Å². The number of hydrogen-bond acceptors (Lipinski definition) is 3. The van der Waals surface area contributed by atoms with Gasteiger partial charge in [0.05, 0.1) is 6.42 Å². The molecule has 0 aliphatic rings. The second kappa shape index (κ2) is 5.28. The molecule has 114 valence electrons. The van der Waals surface area contributed by atoms with Crippen LogP contribution < -0.4 is 5.32 Å². The Balaban J connectivity index is 1.54. The van der Waals surface area contributed by atoms with Gasteiger partial charge in [-0.25, -0.2) is 4.98 Å². The second-order valence-corrected chi connectivity index (χ2v) is 5.50. The van der Waals surface area contributed by atoms with E-state index in [1.165, 1.54) is 0 Å². The third kappa shape index (κ3) is 2.57. The third-order valence-corrected chi connectivity index (χ3v) is 3.81. The third-order valence-electron chi connectivity index (χ3n) is 3.81. The van der Waals surface area contributed by atoms with E-state index in [0.29, 0.717) is 23.6 Å². The van der Waals surface area contributed by atoms with Crippen LogP contribution in [-0.2, 0) is 11.2 Å². The summed E-state index contributed by atoms with van der Waals surface area (Å²) in [6.07, 6.45) is 2.20. The number of carbonyl (C=O) groups excluding carboxylic acids is 1. The topological polar surface area (TPSA) is 70.9 Å². The number of carbonyl (C=O) groups is 1. The first kappa shape index (κ1) is 13.6. The summed E-state index contributed by atoms with van der Waals surface area (Å²) in [6, 6.07) is 13.4. The highest BCUT2D eigenvalue weighted by atomic mass is 16.3. The van der Waals surface area contributed by atoms with Gasteiger partial charge in [0.25, 0.3) is 0 Å². The molecule has 0 fully saturated rings. The van der Waals surface area contributed by atoms with Crippen molar-refractivity contribution in [1.82, 2.24) is 9.97 Å². The maximum absolute atomic E-state index is 12.3. The molecule has 0 aliphatic heterocycles. The first-order chi connectivity index (χ1) is 11.2. The second-order valence-electron chi connectivity index (χ2n) is 5.50. The summed E-state index contributed by atoms with van der Waals surface area (Å²) >= 11 is 0. The van der Waals surface area contributed by atoms with Crippen molar-refractivity contribution in [3.63, 3.8) is 0 Å². The van der Waals surface area contributed by atoms with Crippen LogP contribution in [-0.4, -0.2) is 15.9 Å². The minimum Gasteiger partial charge on any atom is -0.441 e. The fourth-order valence-electron chi connectivity index (χ4n) is 2.77. The molecule has 5 nitrogen and oxygen atoms in total. The number of hydrogen-bond donors (Lipinski definition) is 2. The normalized spacial score (nSPS) is 11.2. The van der Waals surface area contributed by atoms with Crippen LogP contribution in [0.5, 0.6) is 0 Å². The Kier molecular flexibility index (Phi) is 3.12. The van der Waals surface area contributed by atoms with Crippen molar-refractivity contribution >= 4 is 33.6 Å². The maximum Gasteiger partial charge on any atom is 0.228 e. The number of anilines is 1. The zero-order chi connectivity index (χ0) is 15.8. The highest BCUT2D eigenvalue weighted by Crippen LogP contribution is 2.21. The average Bonchev–Trinajstić information content (AvgIpc) is 3.10. The molecule has 0 aliphatic carbocycles. The summed E-state index contributed by atoms with van der Waals surface area (Å²) in [5.74, 6) is 0.549. The van der Waals surface area contributed by atoms with Crippen molar-refractivity contribution in [3.05, 3.63) is 60.1 Å². The number of fused-ring (bicyclic) bond motifs is 2. The Morgan fingerprint density at radius 3 is 3.04 bits per heavy atom. The van der Waals surface area contributed by atoms with Crippen molar-refractivity contribution in [2.45, 2.75) is 13.3 Å². The Hall–Kier alpha value is -3.08. The van der Waals surface area contributed by atoms with E-state index in [4.69, 9.17) is 4.42 Å². The molecule has 2 aromatic carbocycles. The smallest absolute Gasteiger partial charge is 0.228 e. The lowest BCUT2D eigenvalue weighted by Crippen LogP contribution is -2.14. The van der Waals surface area contributed by atoms with Crippen molar-refractivity contribution in [2.24, 2.45) is 0 Å². The molecule has 2 aromatic heterocycles. The van der Waals surface area contributed by atoms with Crippen LogP contribution in [0.25, 0.3) is 22.0 Å². The van der Waals surface area contributed by atoms with E-state index in [1.54, 1.807) is 13.0 Å². The summed E-state index contributed by atoms with van der Waals surface area (Å²) < 4.78 is 5.49. The number of H-pyrrole nitrogens is 1. The molecule has 0 atom stereocenters. The van der Waals surface area contributed by atoms with Crippen LogP contribution in [0.3, 0.4) is 0 Å². The number of aromatic nitrogens is 2. The van der Waals surface area contributed by atoms with Crippen LogP contribution in [0.4, 0.5) is 5.69 Å². The molecule has 2 heterocycles. The molecule has 0 saturated heterocycles. The molecule has 1 amide bonds. The minimum absolute atomic E-state index is 0.0645. The predicted octanol–water partition coefficient (Wildman–Crippen LogP) is 3.80.